The van der Waals surface area contributed by atoms with Crippen LogP contribution in [0.1, 0.15) is 35.4 Å². The molecular formula is C21H31BrN6. The number of aryl methyl sites for hydroxylation is 2. The summed E-state index contributed by atoms with van der Waals surface area (Å²) in [7, 11) is 3.82. The van der Waals surface area contributed by atoms with Gasteiger partial charge in [-0.2, -0.15) is 5.10 Å². The van der Waals surface area contributed by atoms with E-state index in [4.69, 9.17) is 0 Å². The molecule has 2 aromatic rings. The van der Waals surface area contributed by atoms with Crippen molar-refractivity contribution in [3.05, 3.63) is 51.3 Å². The summed E-state index contributed by atoms with van der Waals surface area (Å²) in [6, 6.07) is 9.09. The van der Waals surface area contributed by atoms with Crippen LogP contribution in [0.15, 0.2) is 33.7 Å². The number of rotatable bonds is 5. The van der Waals surface area contributed by atoms with Crippen molar-refractivity contribution >= 4 is 21.9 Å². The van der Waals surface area contributed by atoms with Crippen molar-refractivity contribution in [2.45, 2.75) is 45.8 Å². The van der Waals surface area contributed by atoms with E-state index in [-0.39, 0.29) is 0 Å². The van der Waals surface area contributed by atoms with Gasteiger partial charge < -0.3 is 10.6 Å². The Bertz CT molecular complexity index is 803. The number of likely N-dealkylation sites (tertiary alicyclic amines) is 1. The number of benzene rings is 1. The summed E-state index contributed by atoms with van der Waals surface area (Å²) >= 11 is 3.50. The van der Waals surface area contributed by atoms with Crippen LogP contribution in [0.3, 0.4) is 0 Å². The highest BCUT2D eigenvalue weighted by molar-refractivity contribution is 9.10. The lowest BCUT2D eigenvalue weighted by atomic mass is 10.0. The number of nitrogens with one attached hydrogen (secondary N) is 2. The number of halogens is 1. The predicted octanol–water partition coefficient (Wildman–Crippen LogP) is 3.13. The molecule has 1 aliphatic heterocycles. The minimum absolute atomic E-state index is 0.462. The van der Waals surface area contributed by atoms with Crippen LogP contribution in [0.2, 0.25) is 0 Å². The first-order valence-corrected chi connectivity index (χ1v) is 10.7. The van der Waals surface area contributed by atoms with Gasteiger partial charge in [0, 0.05) is 62.0 Å². The van der Waals surface area contributed by atoms with Gasteiger partial charge in [0.25, 0.3) is 0 Å². The summed E-state index contributed by atoms with van der Waals surface area (Å²) < 4.78 is 3.07. The molecule has 0 saturated carbocycles. The van der Waals surface area contributed by atoms with Gasteiger partial charge in [-0.25, -0.2) is 0 Å². The minimum Gasteiger partial charge on any atom is -0.354 e. The third-order valence-electron chi connectivity index (χ3n) is 5.56. The summed E-state index contributed by atoms with van der Waals surface area (Å²) in [5.74, 6) is 0.869. The number of hydrogen-bond donors (Lipinski definition) is 2. The Kier molecular flexibility index (Phi) is 7.13. The van der Waals surface area contributed by atoms with E-state index in [0.717, 1.165) is 55.1 Å². The van der Waals surface area contributed by atoms with E-state index in [1.54, 1.807) is 0 Å². The quantitative estimate of drug-likeness (QED) is 0.546. The molecule has 7 heteroatoms. The second-order valence-corrected chi connectivity index (χ2v) is 8.44. The fourth-order valence-corrected chi connectivity index (χ4v) is 3.98. The molecule has 0 spiro atoms. The zero-order valence-corrected chi connectivity index (χ0v) is 18.9. The van der Waals surface area contributed by atoms with Crippen molar-refractivity contribution in [3.63, 3.8) is 0 Å². The van der Waals surface area contributed by atoms with Gasteiger partial charge in [0.15, 0.2) is 5.96 Å². The van der Waals surface area contributed by atoms with E-state index >= 15 is 0 Å². The number of nitrogens with zero attached hydrogens (tertiary/aromatic N) is 4. The van der Waals surface area contributed by atoms with Crippen molar-refractivity contribution in [2.24, 2.45) is 12.0 Å². The second-order valence-electron chi connectivity index (χ2n) is 7.52. The van der Waals surface area contributed by atoms with Gasteiger partial charge >= 0.3 is 0 Å². The van der Waals surface area contributed by atoms with E-state index in [2.05, 4.69) is 79.7 Å². The molecule has 0 amide bonds. The van der Waals surface area contributed by atoms with Crippen molar-refractivity contribution < 1.29 is 0 Å². The number of hydrogen-bond acceptors (Lipinski definition) is 3. The second kappa shape index (κ2) is 9.56. The number of piperidine rings is 1. The molecule has 0 unspecified atom stereocenters. The first kappa shape index (κ1) is 20.9. The average molecular weight is 447 g/mol. The predicted molar refractivity (Wildman–Crippen MR) is 118 cm³/mol. The topological polar surface area (TPSA) is 57.5 Å². The Balaban J connectivity index is 1.45. The zero-order chi connectivity index (χ0) is 20.1. The molecular weight excluding hydrogens is 416 g/mol. The van der Waals surface area contributed by atoms with Crippen LogP contribution >= 0.6 is 15.9 Å². The van der Waals surface area contributed by atoms with Crippen molar-refractivity contribution in [3.8, 4) is 0 Å². The molecule has 0 bridgehead atoms. The lowest BCUT2D eigenvalue weighted by molar-refractivity contribution is 0.198. The minimum atomic E-state index is 0.462. The lowest BCUT2D eigenvalue weighted by Crippen LogP contribution is -2.48. The molecule has 0 aliphatic carbocycles. The Hall–Kier alpha value is -1.86. The Morgan fingerprint density at radius 1 is 1.21 bits per heavy atom. The van der Waals surface area contributed by atoms with E-state index in [1.807, 2.05) is 18.8 Å². The molecule has 3 rings (SSSR count). The van der Waals surface area contributed by atoms with Gasteiger partial charge in [-0.3, -0.25) is 14.6 Å². The van der Waals surface area contributed by atoms with E-state index in [0.29, 0.717) is 6.04 Å². The molecule has 1 saturated heterocycles. The van der Waals surface area contributed by atoms with Crippen LogP contribution < -0.4 is 10.6 Å². The molecule has 0 radical (unpaired) electrons. The van der Waals surface area contributed by atoms with Crippen LogP contribution in [0.4, 0.5) is 0 Å². The highest BCUT2D eigenvalue weighted by atomic mass is 79.9. The molecule has 1 fully saturated rings. The third-order valence-corrected chi connectivity index (χ3v) is 6.09. The zero-order valence-electron chi connectivity index (χ0n) is 17.3. The Morgan fingerprint density at radius 3 is 2.46 bits per heavy atom. The first-order chi connectivity index (χ1) is 13.5. The number of aromatic nitrogens is 2. The van der Waals surface area contributed by atoms with Crippen LogP contribution in [-0.4, -0.2) is 46.8 Å². The molecule has 152 valence electrons. The molecule has 6 nitrogen and oxygen atoms in total. The van der Waals surface area contributed by atoms with E-state index < -0.39 is 0 Å². The fourth-order valence-electron chi connectivity index (χ4n) is 3.72. The molecule has 1 aliphatic rings. The summed E-state index contributed by atoms with van der Waals surface area (Å²) in [4.78, 5) is 6.94. The summed E-state index contributed by atoms with van der Waals surface area (Å²) in [5, 5.41) is 11.5. The van der Waals surface area contributed by atoms with Crippen molar-refractivity contribution in [1.29, 1.82) is 0 Å². The molecule has 2 N–H and O–H groups in total. The Morgan fingerprint density at radius 2 is 1.89 bits per heavy atom. The van der Waals surface area contributed by atoms with Crippen LogP contribution in [0.5, 0.6) is 0 Å². The monoisotopic (exact) mass is 446 g/mol. The Labute approximate surface area is 176 Å². The van der Waals surface area contributed by atoms with E-state index in [9.17, 15) is 0 Å². The highest BCUT2D eigenvalue weighted by Crippen LogP contribution is 2.16. The highest BCUT2D eigenvalue weighted by Gasteiger charge is 2.20. The summed E-state index contributed by atoms with van der Waals surface area (Å²) in [5.41, 5.74) is 4.88. The molecule has 2 heterocycles. The van der Waals surface area contributed by atoms with Gasteiger partial charge in [0.1, 0.15) is 0 Å². The maximum Gasteiger partial charge on any atom is 0.191 e. The average Bonchev–Trinajstić information content (AvgIpc) is 2.93. The van der Waals surface area contributed by atoms with Gasteiger partial charge in [-0.1, -0.05) is 28.1 Å². The van der Waals surface area contributed by atoms with Crippen molar-refractivity contribution in [1.82, 2.24) is 25.3 Å². The lowest BCUT2D eigenvalue weighted by Gasteiger charge is -2.33. The molecule has 1 aromatic carbocycles. The first-order valence-electron chi connectivity index (χ1n) is 9.89. The third kappa shape index (κ3) is 5.35. The molecule has 28 heavy (non-hydrogen) atoms. The van der Waals surface area contributed by atoms with Crippen LogP contribution in [-0.2, 0) is 20.1 Å². The normalized spacial score (nSPS) is 16.4. The molecule has 1 aromatic heterocycles. The van der Waals surface area contributed by atoms with Gasteiger partial charge in [-0.15, -0.1) is 0 Å². The van der Waals surface area contributed by atoms with E-state index in [1.165, 1.54) is 16.8 Å². The van der Waals surface area contributed by atoms with Crippen LogP contribution in [0.25, 0.3) is 0 Å². The number of aliphatic imine (C=N–C) groups is 1. The largest absolute Gasteiger partial charge is 0.354 e. The van der Waals surface area contributed by atoms with Gasteiger partial charge in [0.2, 0.25) is 0 Å². The maximum absolute atomic E-state index is 4.49. The van der Waals surface area contributed by atoms with Crippen molar-refractivity contribution in [2.75, 3.05) is 20.1 Å². The SMILES string of the molecule is CN=C(NCc1c(C)nn(C)c1C)NC1CCN(Cc2ccc(Br)cc2)CC1. The van der Waals surface area contributed by atoms with Gasteiger partial charge in [-0.05, 0) is 44.4 Å². The van der Waals surface area contributed by atoms with Crippen LogP contribution in [0, 0.1) is 13.8 Å². The fraction of sp³-hybridized carbons (Fsp3) is 0.524. The number of guanidine groups is 1. The maximum atomic E-state index is 4.49. The molecule has 0 atom stereocenters. The summed E-state index contributed by atoms with van der Waals surface area (Å²) in [6.45, 7) is 8.13. The smallest absolute Gasteiger partial charge is 0.191 e. The standard InChI is InChI=1S/C21H31BrN6/c1-15-20(16(2)27(4)26-15)13-24-21(23-3)25-19-9-11-28(12-10-19)14-17-5-7-18(22)8-6-17/h5-8,19H,9-14H2,1-4H3,(H2,23,24,25). The summed E-state index contributed by atoms with van der Waals surface area (Å²) in [6.07, 6.45) is 2.25. The van der Waals surface area contributed by atoms with Gasteiger partial charge in [0.05, 0.1) is 5.69 Å².